The largest absolute Gasteiger partial charge is 0.322 e. The Hall–Kier alpha value is -2.15. The standard InChI is InChI=1S/C11H15N5O2/c12-10(15-16(17)18)14-9-4-1-3-8(7-9)11(13)5-2-6-11/h1,3-4,7H,2,5-6,13H2,(H3,12,14,15). The maximum Gasteiger partial charge on any atom is 0.255 e. The maximum atomic E-state index is 10.2. The van der Waals surface area contributed by atoms with Crippen LogP contribution in [0.5, 0.6) is 0 Å². The van der Waals surface area contributed by atoms with Crippen LogP contribution in [0, 0.1) is 15.5 Å². The Balaban J connectivity index is 2.08. The van der Waals surface area contributed by atoms with Crippen LogP contribution >= 0.6 is 0 Å². The predicted octanol–water partition coefficient (Wildman–Crippen LogP) is 1.15. The lowest BCUT2D eigenvalue weighted by Gasteiger charge is -2.38. The van der Waals surface area contributed by atoms with Gasteiger partial charge in [-0.1, -0.05) is 17.6 Å². The minimum atomic E-state index is -0.782. The van der Waals surface area contributed by atoms with Crippen molar-refractivity contribution in [2.24, 2.45) is 5.73 Å². The number of nitrogens with two attached hydrogens (primary N) is 1. The summed E-state index contributed by atoms with van der Waals surface area (Å²) in [6.07, 6.45) is 3.01. The molecule has 7 heteroatoms. The Morgan fingerprint density at radius 2 is 2.22 bits per heavy atom. The van der Waals surface area contributed by atoms with Crippen molar-refractivity contribution >= 4 is 11.6 Å². The van der Waals surface area contributed by atoms with Crippen molar-refractivity contribution in [2.45, 2.75) is 24.8 Å². The van der Waals surface area contributed by atoms with Crippen LogP contribution in [0.4, 0.5) is 5.69 Å². The van der Waals surface area contributed by atoms with Gasteiger partial charge in [-0.2, -0.15) is 0 Å². The summed E-state index contributed by atoms with van der Waals surface area (Å²) in [6.45, 7) is 0. The van der Waals surface area contributed by atoms with Gasteiger partial charge in [-0.05, 0) is 37.0 Å². The van der Waals surface area contributed by atoms with Gasteiger partial charge in [0.25, 0.3) is 5.96 Å². The molecule has 0 aromatic heterocycles. The minimum Gasteiger partial charge on any atom is -0.322 e. The second-order valence-corrected chi connectivity index (χ2v) is 4.46. The van der Waals surface area contributed by atoms with Crippen LogP contribution in [0.3, 0.4) is 0 Å². The molecule has 1 saturated carbocycles. The van der Waals surface area contributed by atoms with E-state index in [1.54, 1.807) is 11.5 Å². The number of benzene rings is 1. The Morgan fingerprint density at radius 3 is 2.78 bits per heavy atom. The van der Waals surface area contributed by atoms with Gasteiger partial charge in [-0.25, -0.2) is 10.1 Å². The molecule has 1 aromatic rings. The molecule has 1 fully saturated rings. The van der Waals surface area contributed by atoms with Gasteiger partial charge >= 0.3 is 0 Å². The first-order valence-corrected chi connectivity index (χ1v) is 5.66. The Labute approximate surface area is 104 Å². The molecule has 5 N–H and O–H groups in total. The SMILES string of the molecule is N=C(Nc1cccc(C2(N)CCC2)c1)N[N+](=O)[O-]. The number of nitro groups is 1. The second kappa shape index (κ2) is 4.61. The summed E-state index contributed by atoms with van der Waals surface area (Å²) in [4.78, 5) is 10.2. The van der Waals surface area contributed by atoms with Gasteiger partial charge < -0.3 is 11.1 Å². The van der Waals surface area contributed by atoms with E-state index in [1.807, 2.05) is 18.2 Å². The highest BCUT2D eigenvalue weighted by atomic mass is 16.7. The van der Waals surface area contributed by atoms with Crippen molar-refractivity contribution in [1.82, 2.24) is 5.43 Å². The monoisotopic (exact) mass is 249 g/mol. The number of anilines is 1. The van der Waals surface area contributed by atoms with Crippen molar-refractivity contribution in [1.29, 1.82) is 5.41 Å². The molecule has 0 radical (unpaired) electrons. The number of hydrazine groups is 1. The highest BCUT2D eigenvalue weighted by Gasteiger charge is 2.34. The topological polar surface area (TPSA) is 117 Å². The average molecular weight is 249 g/mol. The van der Waals surface area contributed by atoms with Gasteiger partial charge in [0.2, 0.25) is 0 Å². The molecule has 96 valence electrons. The molecule has 0 atom stereocenters. The van der Waals surface area contributed by atoms with E-state index in [4.69, 9.17) is 11.1 Å². The van der Waals surface area contributed by atoms with Gasteiger partial charge in [0.1, 0.15) is 0 Å². The van der Waals surface area contributed by atoms with Gasteiger partial charge in [0, 0.05) is 11.2 Å². The lowest BCUT2D eigenvalue weighted by Crippen LogP contribution is -2.43. The molecule has 0 bridgehead atoms. The number of hydrogen-bond donors (Lipinski definition) is 4. The third-order valence-electron chi connectivity index (χ3n) is 3.16. The molecule has 0 spiro atoms. The predicted molar refractivity (Wildman–Crippen MR) is 67.6 cm³/mol. The summed E-state index contributed by atoms with van der Waals surface area (Å²) < 4.78 is 0. The summed E-state index contributed by atoms with van der Waals surface area (Å²) >= 11 is 0. The Bertz CT molecular complexity index is 484. The van der Waals surface area contributed by atoms with E-state index in [2.05, 4.69) is 5.32 Å². The molecule has 0 aliphatic heterocycles. The van der Waals surface area contributed by atoms with Crippen LogP contribution in [-0.2, 0) is 5.54 Å². The van der Waals surface area contributed by atoms with Crippen LogP contribution in [0.25, 0.3) is 0 Å². The highest BCUT2D eigenvalue weighted by Crippen LogP contribution is 2.39. The summed E-state index contributed by atoms with van der Waals surface area (Å²) in [7, 11) is 0. The molecule has 1 aromatic carbocycles. The molecule has 1 aliphatic carbocycles. The zero-order chi connectivity index (χ0) is 13.2. The van der Waals surface area contributed by atoms with Crippen LogP contribution in [0.15, 0.2) is 24.3 Å². The highest BCUT2D eigenvalue weighted by molar-refractivity contribution is 5.90. The Morgan fingerprint density at radius 1 is 1.50 bits per heavy atom. The molecule has 18 heavy (non-hydrogen) atoms. The lowest BCUT2D eigenvalue weighted by atomic mass is 9.73. The quantitative estimate of drug-likeness (QED) is 0.277. The fourth-order valence-electron chi connectivity index (χ4n) is 2.02. The van der Waals surface area contributed by atoms with E-state index in [0.29, 0.717) is 5.69 Å². The van der Waals surface area contributed by atoms with Gasteiger partial charge in [0.15, 0.2) is 5.03 Å². The number of rotatable bonds is 3. The number of nitrogens with one attached hydrogen (secondary N) is 3. The van der Waals surface area contributed by atoms with Gasteiger partial charge in [-0.15, -0.1) is 0 Å². The first-order valence-electron chi connectivity index (χ1n) is 5.66. The van der Waals surface area contributed by atoms with Crippen molar-refractivity contribution in [3.8, 4) is 0 Å². The molecule has 0 amide bonds. The number of guanidine groups is 1. The second-order valence-electron chi connectivity index (χ2n) is 4.46. The van der Waals surface area contributed by atoms with Crippen molar-refractivity contribution < 1.29 is 5.03 Å². The first kappa shape index (κ1) is 12.3. The van der Waals surface area contributed by atoms with E-state index in [0.717, 1.165) is 24.8 Å². The third kappa shape index (κ3) is 2.57. The van der Waals surface area contributed by atoms with Crippen LogP contribution < -0.4 is 16.5 Å². The third-order valence-corrected chi connectivity index (χ3v) is 3.16. The van der Waals surface area contributed by atoms with E-state index in [1.165, 1.54) is 0 Å². The smallest absolute Gasteiger partial charge is 0.255 e. The summed E-state index contributed by atoms with van der Waals surface area (Å²) in [5, 5.41) is 19.3. The van der Waals surface area contributed by atoms with Crippen molar-refractivity contribution in [3.63, 3.8) is 0 Å². The molecule has 0 heterocycles. The zero-order valence-electron chi connectivity index (χ0n) is 9.77. The van der Waals surface area contributed by atoms with E-state index in [-0.39, 0.29) is 11.5 Å². The van der Waals surface area contributed by atoms with Crippen LogP contribution in [-0.4, -0.2) is 11.0 Å². The molecule has 7 nitrogen and oxygen atoms in total. The van der Waals surface area contributed by atoms with Crippen molar-refractivity contribution in [3.05, 3.63) is 39.9 Å². The molecule has 2 rings (SSSR count). The minimum absolute atomic E-state index is 0.281. The van der Waals surface area contributed by atoms with Crippen molar-refractivity contribution in [2.75, 3.05) is 5.32 Å². The molecule has 0 saturated heterocycles. The summed E-state index contributed by atoms with van der Waals surface area (Å²) in [6, 6.07) is 7.33. The average Bonchev–Trinajstić information content (AvgIpc) is 2.25. The lowest BCUT2D eigenvalue weighted by molar-refractivity contribution is -0.525. The fourth-order valence-corrected chi connectivity index (χ4v) is 2.02. The maximum absolute atomic E-state index is 10.2. The summed E-state index contributed by atoms with van der Waals surface area (Å²) in [5.74, 6) is -0.378. The zero-order valence-corrected chi connectivity index (χ0v) is 9.77. The van der Waals surface area contributed by atoms with E-state index >= 15 is 0 Å². The first-order chi connectivity index (χ1) is 8.49. The molecule has 0 unspecified atom stereocenters. The van der Waals surface area contributed by atoms with Gasteiger partial charge in [0.05, 0.1) is 0 Å². The van der Waals surface area contributed by atoms with Crippen LogP contribution in [0.1, 0.15) is 24.8 Å². The Kier molecular flexibility index (Phi) is 3.15. The fraction of sp³-hybridized carbons (Fsp3) is 0.364. The molecular formula is C11H15N5O2. The van der Waals surface area contributed by atoms with Gasteiger partial charge in [-0.3, -0.25) is 5.41 Å². The molecular weight excluding hydrogens is 234 g/mol. The number of nitrogens with zero attached hydrogens (tertiary/aromatic N) is 1. The number of hydrogen-bond acceptors (Lipinski definition) is 4. The van der Waals surface area contributed by atoms with Crippen LogP contribution in [0.2, 0.25) is 0 Å². The van der Waals surface area contributed by atoms with E-state index in [9.17, 15) is 10.1 Å². The molecule has 1 aliphatic rings. The normalized spacial score (nSPS) is 16.5. The van der Waals surface area contributed by atoms with E-state index < -0.39 is 5.03 Å². The summed E-state index contributed by atoms with van der Waals surface area (Å²) in [5.41, 5.74) is 9.27.